The molecule has 3 amide bonds. The van der Waals surface area contributed by atoms with Crippen molar-refractivity contribution in [1.29, 1.82) is 0 Å². The number of rotatable bonds is 5. The highest BCUT2D eigenvalue weighted by Gasteiger charge is 2.37. The van der Waals surface area contributed by atoms with E-state index < -0.39 is 5.41 Å². The Hall–Kier alpha value is -1.63. The lowest BCUT2D eigenvalue weighted by Gasteiger charge is -2.41. The van der Waals surface area contributed by atoms with E-state index in [2.05, 4.69) is 5.32 Å². The second-order valence-electron chi connectivity index (χ2n) is 8.86. The van der Waals surface area contributed by atoms with Crippen LogP contribution in [0.3, 0.4) is 0 Å². The van der Waals surface area contributed by atoms with Crippen molar-refractivity contribution in [2.75, 3.05) is 32.7 Å². The van der Waals surface area contributed by atoms with Crippen LogP contribution in [-0.4, -0.2) is 66.3 Å². The molecule has 7 nitrogen and oxygen atoms in total. The van der Waals surface area contributed by atoms with E-state index >= 15 is 0 Å². The van der Waals surface area contributed by atoms with Crippen LogP contribution in [0.5, 0.6) is 0 Å². The third kappa shape index (κ3) is 5.92. The summed E-state index contributed by atoms with van der Waals surface area (Å²) in [7, 11) is 0. The first-order valence-electron chi connectivity index (χ1n) is 10.3. The van der Waals surface area contributed by atoms with Crippen LogP contribution in [0.2, 0.25) is 0 Å². The molecule has 0 saturated carbocycles. The van der Waals surface area contributed by atoms with Gasteiger partial charge in [-0.3, -0.25) is 14.4 Å². The molecule has 7 heteroatoms. The highest BCUT2D eigenvalue weighted by Crippen LogP contribution is 2.27. The molecule has 2 fully saturated rings. The van der Waals surface area contributed by atoms with Crippen molar-refractivity contribution in [2.24, 2.45) is 17.1 Å². The number of nitrogens with two attached hydrogens (primary N) is 1. The van der Waals surface area contributed by atoms with Gasteiger partial charge in [-0.25, -0.2) is 0 Å². The Kier molecular flexibility index (Phi) is 7.65. The lowest BCUT2D eigenvalue weighted by molar-refractivity contribution is -0.147. The summed E-state index contributed by atoms with van der Waals surface area (Å²) in [5.41, 5.74) is 5.00. The zero-order chi connectivity index (χ0) is 20.0. The SMILES string of the molecule is CC(C)(C)C(=O)N1CCCC(C(=O)N2CCCCC2CNC(=O)CCN)C1. The second-order valence-corrected chi connectivity index (χ2v) is 8.86. The minimum absolute atomic E-state index is 0.0432. The van der Waals surface area contributed by atoms with Gasteiger partial charge in [0.15, 0.2) is 0 Å². The molecule has 2 rings (SSSR count). The lowest BCUT2D eigenvalue weighted by atomic mass is 9.90. The topological polar surface area (TPSA) is 95.7 Å². The van der Waals surface area contributed by atoms with Gasteiger partial charge in [-0.15, -0.1) is 0 Å². The number of amides is 3. The Morgan fingerprint density at radius 2 is 1.81 bits per heavy atom. The number of piperidine rings is 2. The summed E-state index contributed by atoms with van der Waals surface area (Å²) < 4.78 is 0. The number of carbonyl (C=O) groups excluding carboxylic acids is 3. The molecule has 2 atom stereocenters. The van der Waals surface area contributed by atoms with Gasteiger partial charge in [0, 0.05) is 50.6 Å². The minimum Gasteiger partial charge on any atom is -0.354 e. The van der Waals surface area contributed by atoms with Crippen LogP contribution in [0.1, 0.15) is 59.3 Å². The molecule has 27 heavy (non-hydrogen) atoms. The van der Waals surface area contributed by atoms with Crippen LogP contribution < -0.4 is 11.1 Å². The second kappa shape index (κ2) is 9.53. The van der Waals surface area contributed by atoms with E-state index in [9.17, 15) is 14.4 Å². The Labute approximate surface area is 163 Å². The minimum atomic E-state index is -0.425. The maximum atomic E-state index is 13.2. The van der Waals surface area contributed by atoms with E-state index in [4.69, 9.17) is 5.73 Å². The van der Waals surface area contributed by atoms with E-state index in [1.54, 1.807) is 0 Å². The summed E-state index contributed by atoms with van der Waals surface area (Å²) in [6.07, 6.45) is 4.98. The Balaban J connectivity index is 1.98. The number of likely N-dealkylation sites (tertiary alicyclic amines) is 2. The largest absolute Gasteiger partial charge is 0.354 e. The fraction of sp³-hybridized carbons (Fsp3) is 0.850. The molecular weight excluding hydrogens is 344 g/mol. The molecule has 154 valence electrons. The maximum Gasteiger partial charge on any atom is 0.227 e. The molecule has 0 spiro atoms. The number of hydrogen-bond donors (Lipinski definition) is 2. The molecule has 2 aliphatic rings. The van der Waals surface area contributed by atoms with Crippen molar-refractivity contribution < 1.29 is 14.4 Å². The van der Waals surface area contributed by atoms with Crippen LogP contribution in [0.25, 0.3) is 0 Å². The molecule has 0 aromatic heterocycles. The van der Waals surface area contributed by atoms with Crippen LogP contribution in [-0.2, 0) is 14.4 Å². The summed E-state index contributed by atoms with van der Waals surface area (Å²) in [6, 6.07) is 0.0432. The van der Waals surface area contributed by atoms with Gasteiger partial charge in [-0.2, -0.15) is 0 Å². The summed E-state index contributed by atoms with van der Waals surface area (Å²) in [6.45, 7) is 8.57. The Morgan fingerprint density at radius 1 is 1.07 bits per heavy atom. The summed E-state index contributed by atoms with van der Waals surface area (Å²) in [5.74, 6) is 0.0592. The van der Waals surface area contributed by atoms with E-state index in [-0.39, 0.29) is 29.7 Å². The van der Waals surface area contributed by atoms with Crippen molar-refractivity contribution in [2.45, 2.75) is 65.3 Å². The highest BCUT2D eigenvalue weighted by atomic mass is 16.2. The molecule has 0 bridgehead atoms. The van der Waals surface area contributed by atoms with Gasteiger partial charge >= 0.3 is 0 Å². The van der Waals surface area contributed by atoms with E-state index in [0.717, 1.165) is 45.2 Å². The predicted octanol–water partition coefficient (Wildman–Crippen LogP) is 1.12. The summed E-state index contributed by atoms with van der Waals surface area (Å²) >= 11 is 0. The molecule has 2 heterocycles. The molecule has 0 aromatic carbocycles. The third-order valence-electron chi connectivity index (χ3n) is 5.52. The average Bonchev–Trinajstić information content (AvgIpc) is 2.65. The quantitative estimate of drug-likeness (QED) is 0.747. The molecule has 2 unspecified atom stereocenters. The van der Waals surface area contributed by atoms with Crippen molar-refractivity contribution in [3.63, 3.8) is 0 Å². The van der Waals surface area contributed by atoms with Crippen molar-refractivity contribution in [3.05, 3.63) is 0 Å². The number of carbonyl (C=O) groups is 3. The number of hydrogen-bond acceptors (Lipinski definition) is 4. The molecule has 0 aromatic rings. The average molecular weight is 381 g/mol. The standard InChI is InChI=1S/C20H36N4O3/c1-20(2,3)19(27)23-11-6-7-15(14-23)18(26)24-12-5-4-8-16(24)13-22-17(25)9-10-21/h15-16H,4-14,21H2,1-3H3,(H,22,25). The monoisotopic (exact) mass is 380 g/mol. The Bertz CT molecular complexity index is 544. The van der Waals surface area contributed by atoms with Gasteiger partial charge in [-0.1, -0.05) is 20.8 Å². The van der Waals surface area contributed by atoms with Crippen molar-refractivity contribution >= 4 is 17.7 Å². The molecular formula is C20H36N4O3. The number of nitrogens with one attached hydrogen (secondary N) is 1. The van der Waals surface area contributed by atoms with Gasteiger partial charge in [-0.05, 0) is 32.1 Å². The fourth-order valence-corrected chi connectivity index (χ4v) is 4.03. The van der Waals surface area contributed by atoms with Crippen LogP contribution in [0, 0.1) is 11.3 Å². The zero-order valence-corrected chi connectivity index (χ0v) is 17.1. The van der Waals surface area contributed by atoms with E-state index in [0.29, 0.717) is 26.1 Å². The van der Waals surface area contributed by atoms with E-state index in [1.165, 1.54) is 0 Å². The molecule has 0 aliphatic carbocycles. The van der Waals surface area contributed by atoms with Crippen molar-refractivity contribution in [1.82, 2.24) is 15.1 Å². The van der Waals surface area contributed by atoms with Gasteiger partial charge < -0.3 is 20.9 Å². The van der Waals surface area contributed by atoms with Crippen LogP contribution in [0.15, 0.2) is 0 Å². The molecule has 2 aliphatic heterocycles. The van der Waals surface area contributed by atoms with Gasteiger partial charge in [0.1, 0.15) is 0 Å². The highest BCUT2D eigenvalue weighted by molar-refractivity contribution is 5.84. The smallest absolute Gasteiger partial charge is 0.227 e. The third-order valence-corrected chi connectivity index (χ3v) is 5.52. The predicted molar refractivity (Wildman–Crippen MR) is 105 cm³/mol. The number of nitrogens with zero attached hydrogens (tertiary/aromatic N) is 2. The van der Waals surface area contributed by atoms with Gasteiger partial charge in [0.05, 0.1) is 5.92 Å². The molecule has 0 radical (unpaired) electrons. The Morgan fingerprint density at radius 3 is 2.48 bits per heavy atom. The van der Waals surface area contributed by atoms with Crippen LogP contribution >= 0.6 is 0 Å². The van der Waals surface area contributed by atoms with Crippen LogP contribution in [0.4, 0.5) is 0 Å². The first-order valence-corrected chi connectivity index (χ1v) is 10.3. The maximum absolute atomic E-state index is 13.2. The van der Waals surface area contributed by atoms with Crippen molar-refractivity contribution in [3.8, 4) is 0 Å². The lowest BCUT2D eigenvalue weighted by Crippen LogP contribution is -2.54. The normalized spacial score (nSPS) is 23.9. The fourth-order valence-electron chi connectivity index (χ4n) is 4.03. The summed E-state index contributed by atoms with van der Waals surface area (Å²) in [4.78, 5) is 41.4. The van der Waals surface area contributed by atoms with E-state index in [1.807, 2.05) is 30.6 Å². The first kappa shape index (κ1) is 21.7. The zero-order valence-electron chi connectivity index (χ0n) is 17.1. The first-order chi connectivity index (χ1) is 12.7. The molecule has 3 N–H and O–H groups in total. The molecule has 2 saturated heterocycles. The van der Waals surface area contributed by atoms with Gasteiger partial charge in [0.25, 0.3) is 0 Å². The van der Waals surface area contributed by atoms with Gasteiger partial charge in [0.2, 0.25) is 17.7 Å². The summed E-state index contributed by atoms with van der Waals surface area (Å²) in [5, 5.41) is 2.91.